The van der Waals surface area contributed by atoms with Crippen LogP contribution in [0.3, 0.4) is 0 Å². The summed E-state index contributed by atoms with van der Waals surface area (Å²) >= 11 is 0. The van der Waals surface area contributed by atoms with Crippen molar-refractivity contribution < 1.29 is 31.2 Å². The fourth-order valence-corrected chi connectivity index (χ4v) is 4.34. The Kier molecular flexibility index (Phi) is 7.41. The molecule has 0 radical (unpaired) electrons. The summed E-state index contributed by atoms with van der Waals surface area (Å²) in [4.78, 5) is 26.4. The van der Waals surface area contributed by atoms with Crippen molar-refractivity contribution in [2.45, 2.75) is 24.4 Å². The number of Topliss-reactive ketones (excluding diaryl/α,β-unsaturated/α-hetero) is 1. The number of carbonyl (C=O) groups is 2. The molecule has 11 heteroatoms. The highest BCUT2D eigenvalue weighted by Gasteiger charge is 2.31. The summed E-state index contributed by atoms with van der Waals surface area (Å²) in [5.74, 6) is -0.501. The Balaban J connectivity index is 1.90. The first-order valence-electron chi connectivity index (χ1n) is 9.04. The van der Waals surface area contributed by atoms with E-state index in [1.54, 1.807) is 0 Å². The van der Waals surface area contributed by atoms with Crippen LogP contribution in [0.25, 0.3) is 0 Å². The Bertz CT molecular complexity index is 833. The highest BCUT2D eigenvalue weighted by Crippen LogP contribution is 2.20. The van der Waals surface area contributed by atoms with E-state index in [4.69, 9.17) is 0 Å². The van der Waals surface area contributed by atoms with Gasteiger partial charge < -0.3 is 4.90 Å². The first-order chi connectivity index (χ1) is 13.4. The predicted molar refractivity (Wildman–Crippen MR) is 100.0 cm³/mol. The minimum atomic E-state index is -4.28. The van der Waals surface area contributed by atoms with Crippen molar-refractivity contribution in [1.29, 1.82) is 0 Å². The SMILES string of the molecule is CC(=O)c1ccc(S(=O)(=O)N2CCN(C(=O)CN(C)CCC(F)(F)F)CC2)cc1. The molecule has 1 saturated heterocycles. The summed E-state index contributed by atoms with van der Waals surface area (Å²) in [7, 11) is -2.31. The van der Waals surface area contributed by atoms with Gasteiger partial charge in [-0.15, -0.1) is 0 Å². The topological polar surface area (TPSA) is 78.0 Å². The van der Waals surface area contributed by atoms with Crippen LogP contribution in [0.4, 0.5) is 13.2 Å². The van der Waals surface area contributed by atoms with Crippen molar-refractivity contribution >= 4 is 21.7 Å². The Labute approximate surface area is 168 Å². The second-order valence-corrected chi connectivity index (χ2v) is 8.91. The van der Waals surface area contributed by atoms with Crippen LogP contribution in [0, 0.1) is 0 Å². The van der Waals surface area contributed by atoms with E-state index in [0.717, 1.165) is 0 Å². The molecule has 0 bridgehead atoms. The molecule has 1 aliphatic rings. The molecule has 2 rings (SSSR count). The molecular formula is C18H24F3N3O4S. The number of piperazine rings is 1. The maximum absolute atomic E-state index is 12.7. The zero-order valence-corrected chi connectivity index (χ0v) is 17.1. The molecule has 0 aromatic heterocycles. The summed E-state index contributed by atoms with van der Waals surface area (Å²) in [6.07, 6.45) is -5.27. The highest BCUT2D eigenvalue weighted by molar-refractivity contribution is 7.89. The van der Waals surface area contributed by atoms with Crippen molar-refractivity contribution in [3.8, 4) is 0 Å². The lowest BCUT2D eigenvalue weighted by Gasteiger charge is -2.34. The second-order valence-electron chi connectivity index (χ2n) is 6.97. The van der Waals surface area contributed by atoms with Crippen LogP contribution in [0.5, 0.6) is 0 Å². The Morgan fingerprint density at radius 1 is 1.07 bits per heavy atom. The van der Waals surface area contributed by atoms with Gasteiger partial charge in [-0.05, 0) is 26.1 Å². The largest absolute Gasteiger partial charge is 0.390 e. The van der Waals surface area contributed by atoms with Crippen molar-refractivity contribution in [3.05, 3.63) is 29.8 Å². The molecule has 1 aliphatic heterocycles. The summed E-state index contributed by atoms with van der Waals surface area (Å²) < 4.78 is 63.5. The van der Waals surface area contributed by atoms with Crippen LogP contribution in [0.2, 0.25) is 0 Å². The summed E-state index contributed by atoms with van der Waals surface area (Å²) in [6.45, 7) is 1.46. The Morgan fingerprint density at radius 2 is 1.62 bits per heavy atom. The fraction of sp³-hybridized carbons (Fsp3) is 0.556. The third-order valence-corrected chi connectivity index (χ3v) is 6.59. The molecular weight excluding hydrogens is 411 g/mol. The zero-order valence-electron chi connectivity index (χ0n) is 16.3. The van der Waals surface area contributed by atoms with E-state index in [0.29, 0.717) is 5.56 Å². The Morgan fingerprint density at radius 3 is 2.10 bits per heavy atom. The van der Waals surface area contributed by atoms with Gasteiger partial charge in [0.05, 0.1) is 17.9 Å². The van der Waals surface area contributed by atoms with Gasteiger partial charge in [0.25, 0.3) is 0 Å². The van der Waals surface area contributed by atoms with E-state index in [-0.39, 0.29) is 55.9 Å². The Hall–Kier alpha value is -1.98. The molecule has 1 aromatic rings. The second kappa shape index (κ2) is 9.23. The lowest BCUT2D eigenvalue weighted by atomic mass is 10.2. The molecule has 1 aromatic carbocycles. The molecule has 1 amide bonds. The van der Waals surface area contributed by atoms with Gasteiger partial charge in [0.2, 0.25) is 15.9 Å². The van der Waals surface area contributed by atoms with Gasteiger partial charge in [-0.1, -0.05) is 12.1 Å². The molecule has 0 aliphatic carbocycles. The number of hydrogen-bond acceptors (Lipinski definition) is 5. The molecule has 0 saturated carbocycles. The van der Waals surface area contributed by atoms with E-state index in [2.05, 4.69) is 0 Å². The number of benzene rings is 1. The number of sulfonamides is 1. The van der Waals surface area contributed by atoms with Crippen molar-refractivity contribution in [2.24, 2.45) is 0 Å². The van der Waals surface area contributed by atoms with Gasteiger partial charge >= 0.3 is 6.18 Å². The monoisotopic (exact) mass is 435 g/mol. The third kappa shape index (κ3) is 6.51. The molecule has 0 N–H and O–H groups in total. The van der Waals surface area contributed by atoms with E-state index < -0.39 is 22.6 Å². The molecule has 1 heterocycles. The smallest absolute Gasteiger partial charge is 0.339 e. The van der Waals surface area contributed by atoms with Gasteiger partial charge in [0, 0.05) is 38.3 Å². The van der Waals surface area contributed by atoms with Crippen molar-refractivity contribution in [3.63, 3.8) is 0 Å². The minimum absolute atomic E-state index is 0.0640. The summed E-state index contributed by atoms with van der Waals surface area (Å²) in [5.41, 5.74) is 0.411. The molecule has 0 atom stereocenters. The number of rotatable bonds is 7. The number of ketones is 1. The minimum Gasteiger partial charge on any atom is -0.339 e. The first kappa shape index (κ1) is 23.3. The van der Waals surface area contributed by atoms with Crippen LogP contribution in [-0.2, 0) is 14.8 Å². The zero-order chi connectivity index (χ0) is 21.8. The normalized spacial score (nSPS) is 16.3. The van der Waals surface area contributed by atoms with Crippen LogP contribution in [0.1, 0.15) is 23.7 Å². The fourth-order valence-electron chi connectivity index (χ4n) is 2.92. The maximum atomic E-state index is 12.7. The lowest BCUT2D eigenvalue weighted by molar-refractivity contribution is -0.141. The van der Waals surface area contributed by atoms with Crippen molar-refractivity contribution in [1.82, 2.24) is 14.1 Å². The van der Waals surface area contributed by atoms with Gasteiger partial charge in [-0.2, -0.15) is 17.5 Å². The van der Waals surface area contributed by atoms with E-state index in [1.165, 1.54) is 52.3 Å². The third-order valence-electron chi connectivity index (χ3n) is 4.67. The molecule has 162 valence electrons. The molecule has 29 heavy (non-hydrogen) atoms. The van der Waals surface area contributed by atoms with Crippen LogP contribution in [0.15, 0.2) is 29.2 Å². The van der Waals surface area contributed by atoms with Gasteiger partial charge in [0.1, 0.15) is 0 Å². The number of halogens is 3. The van der Waals surface area contributed by atoms with Gasteiger partial charge in [-0.25, -0.2) is 8.42 Å². The maximum Gasteiger partial charge on any atom is 0.390 e. The average molecular weight is 435 g/mol. The molecule has 7 nitrogen and oxygen atoms in total. The van der Waals surface area contributed by atoms with Crippen LogP contribution < -0.4 is 0 Å². The number of nitrogens with zero attached hydrogens (tertiary/aromatic N) is 3. The predicted octanol–water partition coefficient (Wildman–Crippen LogP) is 1.61. The number of alkyl halides is 3. The molecule has 0 spiro atoms. The van der Waals surface area contributed by atoms with E-state index in [1.807, 2.05) is 0 Å². The lowest BCUT2D eigenvalue weighted by Crippen LogP contribution is -2.52. The van der Waals surface area contributed by atoms with Crippen LogP contribution in [-0.4, -0.2) is 86.7 Å². The quantitative estimate of drug-likeness (QED) is 0.608. The molecule has 0 unspecified atom stereocenters. The number of amides is 1. The average Bonchev–Trinajstić information content (AvgIpc) is 2.66. The van der Waals surface area contributed by atoms with Crippen molar-refractivity contribution in [2.75, 3.05) is 46.3 Å². The first-order valence-corrected chi connectivity index (χ1v) is 10.5. The van der Waals surface area contributed by atoms with Gasteiger partial charge in [0.15, 0.2) is 5.78 Å². The van der Waals surface area contributed by atoms with E-state index >= 15 is 0 Å². The summed E-state index contributed by atoms with van der Waals surface area (Å²) in [6, 6.07) is 5.65. The van der Waals surface area contributed by atoms with Crippen LogP contribution >= 0.6 is 0 Å². The van der Waals surface area contributed by atoms with Gasteiger partial charge in [-0.3, -0.25) is 14.5 Å². The number of likely N-dealkylation sites (N-methyl/N-ethyl adjacent to an activating group) is 1. The molecule has 1 fully saturated rings. The standard InChI is InChI=1S/C18H24F3N3O4S/c1-14(25)15-3-5-16(6-4-15)29(27,28)24-11-9-23(10-12-24)17(26)13-22(2)8-7-18(19,20)21/h3-6H,7-13H2,1-2H3. The number of carbonyl (C=O) groups excluding carboxylic acids is 2. The number of hydrogen-bond donors (Lipinski definition) is 0. The summed E-state index contributed by atoms with van der Waals surface area (Å²) in [5, 5.41) is 0. The highest BCUT2D eigenvalue weighted by atomic mass is 32.2. The van der Waals surface area contributed by atoms with E-state index in [9.17, 15) is 31.2 Å².